The quantitative estimate of drug-likeness (QED) is 0.400. The molecule has 1 fully saturated rings. The van der Waals surface area contributed by atoms with E-state index in [0.29, 0.717) is 20.9 Å². The van der Waals surface area contributed by atoms with Gasteiger partial charge in [0.15, 0.2) is 0 Å². The molecule has 0 aromatic rings. The zero-order valence-corrected chi connectivity index (χ0v) is 18.4. The minimum absolute atomic E-state index is 0.516. The second-order valence-electron chi connectivity index (χ2n) is 5.31. The van der Waals surface area contributed by atoms with E-state index < -0.39 is 36.8 Å². The molecule has 0 amide bonds. The summed E-state index contributed by atoms with van der Waals surface area (Å²) in [6, 6.07) is 0. The predicted molar refractivity (Wildman–Crippen MR) is 65.7 cm³/mol. The van der Waals surface area contributed by atoms with Crippen molar-refractivity contribution in [2.75, 3.05) is 0 Å². The first-order valence-corrected chi connectivity index (χ1v) is 29.8. The van der Waals surface area contributed by atoms with Crippen LogP contribution in [0.3, 0.4) is 0 Å². The van der Waals surface area contributed by atoms with Crippen molar-refractivity contribution < 1.29 is 0 Å². The molecule has 1 rings (SSSR count). The fourth-order valence-corrected chi connectivity index (χ4v) is 91.0. The Hall–Kier alpha value is 2.91. The van der Waals surface area contributed by atoms with Crippen LogP contribution in [0.25, 0.3) is 0 Å². The first-order valence-electron chi connectivity index (χ1n) is 4.57. The van der Waals surface area contributed by atoms with Gasteiger partial charge in [0.2, 0.25) is 0 Å². The first kappa shape index (κ1) is 13.0. The van der Waals surface area contributed by atoms with Gasteiger partial charge in [0, 0.05) is 0 Å². The molecular formula is C8H20SeSn2Te. The van der Waals surface area contributed by atoms with E-state index >= 15 is 0 Å². The summed E-state index contributed by atoms with van der Waals surface area (Å²) in [5.74, 6) is 0. The Bertz CT molecular complexity index is 129. The molecule has 72 valence electrons. The van der Waals surface area contributed by atoms with Crippen LogP contribution in [0.2, 0.25) is 31.4 Å². The van der Waals surface area contributed by atoms with Gasteiger partial charge >= 0.3 is 104 Å². The third kappa shape index (κ3) is 5.12. The Morgan fingerprint density at radius 1 is 0.917 bits per heavy atom. The third-order valence-electron chi connectivity index (χ3n) is 1.97. The zero-order chi connectivity index (χ0) is 9.24. The van der Waals surface area contributed by atoms with Crippen LogP contribution in [-0.4, -0.2) is 72.6 Å². The SMILES string of the molecule is [CH3][Sn]1([CH3])[CH2][Se][CH2][Sn]([CH3])([CH3])[CH2][Te][CH2]1. The molecule has 1 aliphatic heterocycles. The van der Waals surface area contributed by atoms with Crippen LogP contribution >= 0.6 is 0 Å². The van der Waals surface area contributed by atoms with Gasteiger partial charge in [-0.3, -0.25) is 0 Å². The predicted octanol–water partition coefficient (Wildman–Crippen LogP) is 2.66. The van der Waals surface area contributed by atoms with Crippen LogP contribution in [0.4, 0.5) is 0 Å². The Morgan fingerprint density at radius 3 is 1.75 bits per heavy atom. The molecule has 1 heterocycles. The van der Waals surface area contributed by atoms with E-state index in [1.54, 1.807) is 6.67 Å². The molecule has 0 atom stereocenters. The van der Waals surface area contributed by atoms with Crippen LogP contribution < -0.4 is 0 Å². The Labute approximate surface area is 102 Å². The van der Waals surface area contributed by atoms with Crippen molar-refractivity contribution in [3.63, 3.8) is 0 Å². The van der Waals surface area contributed by atoms with Gasteiger partial charge in [-0.25, -0.2) is 0 Å². The molecule has 0 spiro atoms. The molecule has 0 radical (unpaired) electrons. The molecule has 4 heteroatoms. The third-order valence-corrected chi connectivity index (χ3v) is 78.7. The fraction of sp³-hybridized carbons (Fsp3) is 1.00. The van der Waals surface area contributed by atoms with E-state index in [0.717, 1.165) is 15.0 Å². The van der Waals surface area contributed by atoms with E-state index in [9.17, 15) is 0 Å². The van der Waals surface area contributed by atoms with Crippen LogP contribution in [0, 0.1) is 0 Å². The van der Waals surface area contributed by atoms with Gasteiger partial charge in [-0.2, -0.15) is 0 Å². The summed E-state index contributed by atoms with van der Waals surface area (Å²) in [5, 5.41) is 0. The van der Waals surface area contributed by atoms with E-state index in [2.05, 4.69) is 19.8 Å². The Morgan fingerprint density at radius 2 is 1.33 bits per heavy atom. The van der Waals surface area contributed by atoms with Gasteiger partial charge in [0.05, 0.1) is 0 Å². The normalized spacial score (nSPS) is 29.0. The van der Waals surface area contributed by atoms with E-state index in [1.807, 2.05) is 4.97 Å². The molecule has 0 aliphatic carbocycles. The van der Waals surface area contributed by atoms with Gasteiger partial charge in [0.1, 0.15) is 0 Å². The van der Waals surface area contributed by atoms with Gasteiger partial charge in [-0.15, -0.1) is 0 Å². The minimum atomic E-state index is -1.31. The molecular weight excluding hydrogens is 540 g/mol. The summed E-state index contributed by atoms with van der Waals surface area (Å²) >= 11 is -1.00. The molecule has 1 saturated heterocycles. The van der Waals surface area contributed by atoms with Gasteiger partial charge in [0.25, 0.3) is 0 Å². The molecule has 0 bridgehead atoms. The van der Waals surface area contributed by atoms with Crippen molar-refractivity contribution in [2.45, 2.75) is 31.4 Å². The number of hydrogen-bond acceptors (Lipinski definition) is 0. The van der Waals surface area contributed by atoms with Crippen molar-refractivity contribution in [1.82, 2.24) is 0 Å². The van der Waals surface area contributed by atoms with E-state index in [4.69, 9.17) is 0 Å². The van der Waals surface area contributed by atoms with Crippen LogP contribution in [0.15, 0.2) is 0 Å². The van der Waals surface area contributed by atoms with Gasteiger partial charge < -0.3 is 0 Å². The summed E-state index contributed by atoms with van der Waals surface area (Å²) in [5.41, 5.74) is 0. The monoisotopic (exact) mass is 566 g/mol. The summed E-state index contributed by atoms with van der Waals surface area (Å²) in [4.78, 5) is 10.8. The second-order valence-corrected chi connectivity index (χ2v) is 54.5. The molecule has 12 heavy (non-hydrogen) atoms. The maximum atomic E-state index is 2.70. The topological polar surface area (TPSA) is 0 Å². The molecule has 0 nitrogen and oxygen atoms in total. The van der Waals surface area contributed by atoms with Crippen LogP contribution in [0.5, 0.6) is 0 Å². The van der Waals surface area contributed by atoms with Crippen molar-refractivity contribution in [3.05, 3.63) is 0 Å². The average Bonchev–Trinajstić information content (AvgIpc) is 1.82. The first-order chi connectivity index (χ1) is 5.41. The van der Waals surface area contributed by atoms with Crippen molar-refractivity contribution >= 4 is 72.6 Å². The summed E-state index contributed by atoms with van der Waals surface area (Å²) in [6.07, 6.45) is 0. The molecule has 0 aromatic heterocycles. The number of rotatable bonds is 0. The zero-order valence-electron chi connectivity index (χ0n) is 8.64. The number of hydrogen-bond donors (Lipinski definition) is 0. The fourth-order valence-electron chi connectivity index (χ4n) is 1.29. The van der Waals surface area contributed by atoms with Crippen molar-refractivity contribution in [1.29, 1.82) is 0 Å². The summed E-state index contributed by atoms with van der Waals surface area (Å²) in [6.45, 7) is 0. The average molecular weight is 560 g/mol. The van der Waals surface area contributed by atoms with E-state index in [-0.39, 0.29) is 0 Å². The van der Waals surface area contributed by atoms with Gasteiger partial charge in [-0.1, -0.05) is 0 Å². The van der Waals surface area contributed by atoms with Crippen molar-refractivity contribution in [3.8, 4) is 0 Å². The molecule has 1 aliphatic rings. The summed E-state index contributed by atoms with van der Waals surface area (Å²) < 4.78 is 7.24. The summed E-state index contributed by atoms with van der Waals surface area (Å²) in [7, 11) is 0. The maximum absolute atomic E-state index is 2.70. The Balaban J connectivity index is 2.45. The van der Waals surface area contributed by atoms with Crippen LogP contribution in [-0.2, 0) is 0 Å². The van der Waals surface area contributed by atoms with E-state index in [1.165, 1.54) is 0 Å². The van der Waals surface area contributed by atoms with Crippen molar-refractivity contribution in [2.24, 2.45) is 0 Å². The van der Waals surface area contributed by atoms with Gasteiger partial charge in [-0.05, 0) is 0 Å². The molecule has 0 unspecified atom stereocenters. The Kier molecular flexibility index (Phi) is 5.73. The second kappa shape index (κ2) is 5.30. The standard InChI is InChI=1S/C2H4Se.C2H4Te.4CH3.2Sn/c2*1-3-2;;;;;;/h2*1-2H2;4*1H3;;. The molecule has 0 aromatic carbocycles. The molecule has 0 saturated carbocycles. The van der Waals surface area contributed by atoms with Crippen LogP contribution in [0.1, 0.15) is 0 Å². The molecule has 0 N–H and O–H groups in total.